The van der Waals surface area contributed by atoms with E-state index in [4.69, 9.17) is 0 Å². The van der Waals surface area contributed by atoms with Crippen molar-refractivity contribution in [2.24, 2.45) is 0 Å². The summed E-state index contributed by atoms with van der Waals surface area (Å²) < 4.78 is 0. The summed E-state index contributed by atoms with van der Waals surface area (Å²) in [7, 11) is 0. The Morgan fingerprint density at radius 1 is 0.905 bits per heavy atom. The Hall–Kier alpha value is -2.09. The number of hydrogen-bond acceptors (Lipinski definition) is 1. The topological polar surface area (TPSA) is 29.1 Å². The number of benzene rings is 2. The van der Waals surface area contributed by atoms with Crippen molar-refractivity contribution in [3.63, 3.8) is 0 Å². The Kier molecular flexibility index (Phi) is 3.32. The summed E-state index contributed by atoms with van der Waals surface area (Å²) in [5, 5.41) is 3.02. The highest BCUT2D eigenvalue weighted by atomic mass is 16.1. The highest BCUT2D eigenvalue weighted by Crippen LogP contribution is 2.39. The summed E-state index contributed by atoms with van der Waals surface area (Å²) >= 11 is 0. The first-order chi connectivity index (χ1) is 9.95. The van der Waals surface area contributed by atoms with Gasteiger partial charge < -0.3 is 5.32 Å². The van der Waals surface area contributed by atoms with Crippen LogP contribution in [0.4, 0.5) is 5.69 Å². The van der Waals surface area contributed by atoms with E-state index in [0.29, 0.717) is 6.42 Å². The van der Waals surface area contributed by atoms with Gasteiger partial charge in [-0.1, -0.05) is 29.8 Å². The Morgan fingerprint density at radius 2 is 1.62 bits per heavy atom. The van der Waals surface area contributed by atoms with Gasteiger partial charge in [0.05, 0.1) is 0 Å². The normalized spacial score (nSPS) is 17.3. The first-order valence-corrected chi connectivity index (χ1v) is 7.44. The van der Waals surface area contributed by atoms with Crippen LogP contribution in [0.2, 0.25) is 0 Å². The lowest BCUT2D eigenvalue weighted by Crippen LogP contribution is -2.24. The third kappa shape index (κ3) is 2.46. The van der Waals surface area contributed by atoms with Crippen molar-refractivity contribution in [1.82, 2.24) is 0 Å². The van der Waals surface area contributed by atoms with Gasteiger partial charge in [0.1, 0.15) is 0 Å². The largest absolute Gasteiger partial charge is 0.326 e. The van der Waals surface area contributed by atoms with E-state index < -0.39 is 0 Å². The van der Waals surface area contributed by atoms with Crippen molar-refractivity contribution in [3.05, 3.63) is 63.7 Å². The zero-order chi connectivity index (χ0) is 15.1. The number of carbonyl (C=O) groups excluding carboxylic acids is 1. The van der Waals surface area contributed by atoms with Crippen molar-refractivity contribution in [3.8, 4) is 0 Å². The van der Waals surface area contributed by atoms with Crippen LogP contribution in [-0.4, -0.2) is 5.91 Å². The molecule has 0 saturated carbocycles. The predicted octanol–water partition coefficient (Wildman–Crippen LogP) is 4.39. The molecule has 0 radical (unpaired) electrons. The standard InChI is InChI=1S/C19H21NO/c1-11-5-6-12(2)15(7-11)16-10-19(21)20-18-9-14(4)13(3)8-17(16)18/h5-9,16H,10H2,1-4H3,(H,20,21). The monoisotopic (exact) mass is 279 g/mol. The number of hydrogen-bond donors (Lipinski definition) is 1. The van der Waals surface area contributed by atoms with E-state index in [1.165, 1.54) is 33.4 Å². The van der Waals surface area contributed by atoms with Crippen molar-refractivity contribution in [2.75, 3.05) is 5.32 Å². The molecule has 1 N–H and O–H groups in total. The smallest absolute Gasteiger partial charge is 0.225 e. The molecule has 1 unspecified atom stereocenters. The molecule has 3 rings (SSSR count). The lowest BCUT2D eigenvalue weighted by atomic mass is 9.81. The van der Waals surface area contributed by atoms with Gasteiger partial charge in [-0.05, 0) is 61.6 Å². The first kappa shape index (κ1) is 13.9. The predicted molar refractivity (Wildman–Crippen MR) is 86.9 cm³/mol. The molecule has 0 fully saturated rings. The van der Waals surface area contributed by atoms with Gasteiger partial charge in [-0.3, -0.25) is 4.79 Å². The molecule has 1 aliphatic heterocycles. The fourth-order valence-corrected chi connectivity index (χ4v) is 3.14. The number of amides is 1. The molecule has 0 saturated heterocycles. The minimum atomic E-state index is 0.108. The molecule has 1 amide bonds. The maximum Gasteiger partial charge on any atom is 0.225 e. The van der Waals surface area contributed by atoms with Gasteiger partial charge in [-0.2, -0.15) is 0 Å². The van der Waals surface area contributed by atoms with Crippen LogP contribution >= 0.6 is 0 Å². The van der Waals surface area contributed by atoms with E-state index in [0.717, 1.165) is 5.69 Å². The van der Waals surface area contributed by atoms with Crippen LogP contribution in [0, 0.1) is 27.7 Å². The highest BCUT2D eigenvalue weighted by molar-refractivity contribution is 5.95. The minimum Gasteiger partial charge on any atom is -0.326 e. The Morgan fingerprint density at radius 3 is 2.38 bits per heavy atom. The maximum atomic E-state index is 12.1. The number of anilines is 1. The maximum absolute atomic E-state index is 12.1. The molecule has 0 aliphatic carbocycles. The summed E-state index contributed by atoms with van der Waals surface area (Å²) in [6, 6.07) is 10.8. The summed E-state index contributed by atoms with van der Waals surface area (Å²) in [6.45, 7) is 8.45. The van der Waals surface area contributed by atoms with E-state index in [2.05, 4.69) is 63.3 Å². The van der Waals surface area contributed by atoms with Crippen molar-refractivity contribution < 1.29 is 4.79 Å². The van der Waals surface area contributed by atoms with Crippen LogP contribution in [0.3, 0.4) is 0 Å². The van der Waals surface area contributed by atoms with Crippen LogP contribution in [0.25, 0.3) is 0 Å². The molecule has 0 spiro atoms. The molecule has 1 aliphatic rings. The van der Waals surface area contributed by atoms with E-state index in [9.17, 15) is 4.79 Å². The van der Waals surface area contributed by atoms with E-state index in [1.54, 1.807) is 0 Å². The first-order valence-electron chi connectivity index (χ1n) is 7.44. The fraction of sp³-hybridized carbons (Fsp3) is 0.316. The van der Waals surface area contributed by atoms with Crippen LogP contribution in [0.1, 0.15) is 45.7 Å². The molecular formula is C19H21NO. The van der Waals surface area contributed by atoms with Gasteiger partial charge in [0.25, 0.3) is 0 Å². The number of nitrogens with one attached hydrogen (secondary N) is 1. The summed E-state index contributed by atoms with van der Waals surface area (Å²) in [6.07, 6.45) is 0.528. The number of aryl methyl sites for hydroxylation is 4. The van der Waals surface area contributed by atoms with E-state index in [1.807, 2.05) is 0 Å². The zero-order valence-electron chi connectivity index (χ0n) is 13.1. The van der Waals surface area contributed by atoms with Gasteiger partial charge in [-0.25, -0.2) is 0 Å². The van der Waals surface area contributed by atoms with E-state index in [-0.39, 0.29) is 11.8 Å². The molecule has 0 aromatic heterocycles. The molecule has 0 bridgehead atoms. The van der Waals surface area contributed by atoms with Gasteiger partial charge >= 0.3 is 0 Å². The number of rotatable bonds is 1. The van der Waals surface area contributed by atoms with Crippen LogP contribution in [-0.2, 0) is 4.79 Å². The SMILES string of the molecule is Cc1ccc(C)c(C2CC(=O)Nc3cc(C)c(C)cc32)c1. The Balaban J connectivity index is 2.19. The van der Waals surface area contributed by atoms with Gasteiger partial charge in [0, 0.05) is 18.0 Å². The van der Waals surface area contributed by atoms with E-state index >= 15 is 0 Å². The average Bonchev–Trinajstić information content (AvgIpc) is 2.43. The highest BCUT2D eigenvalue weighted by Gasteiger charge is 2.28. The molecule has 108 valence electrons. The molecule has 1 atom stereocenters. The van der Waals surface area contributed by atoms with Gasteiger partial charge in [0.15, 0.2) is 0 Å². The Bertz CT molecular complexity index is 731. The second-order valence-corrected chi connectivity index (χ2v) is 6.19. The van der Waals surface area contributed by atoms with Crippen molar-refractivity contribution in [1.29, 1.82) is 0 Å². The summed E-state index contributed by atoms with van der Waals surface area (Å²) in [4.78, 5) is 12.1. The van der Waals surface area contributed by atoms with Gasteiger partial charge in [0.2, 0.25) is 5.91 Å². The minimum absolute atomic E-state index is 0.108. The molecule has 1 heterocycles. The molecule has 2 aromatic rings. The second kappa shape index (κ2) is 5.03. The molecule has 21 heavy (non-hydrogen) atoms. The quantitative estimate of drug-likeness (QED) is 0.824. The third-order valence-electron chi connectivity index (χ3n) is 4.52. The average molecular weight is 279 g/mol. The van der Waals surface area contributed by atoms with Crippen LogP contribution < -0.4 is 5.32 Å². The third-order valence-corrected chi connectivity index (χ3v) is 4.52. The molecule has 2 nitrogen and oxygen atoms in total. The van der Waals surface area contributed by atoms with Crippen LogP contribution in [0.5, 0.6) is 0 Å². The lowest BCUT2D eigenvalue weighted by molar-refractivity contribution is -0.116. The van der Waals surface area contributed by atoms with Crippen molar-refractivity contribution >= 4 is 11.6 Å². The number of fused-ring (bicyclic) bond motifs is 1. The van der Waals surface area contributed by atoms with Crippen molar-refractivity contribution in [2.45, 2.75) is 40.0 Å². The summed E-state index contributed by atoms with van der Waals surface area (Å²) in [5.74, 6) is 0.268. The molecule has 2 aromatic carbocycles. The van der Waals surface area contributed by atoms with Crippen LogP contribution in [0.15, 0.2) is 30.3 Å². The number of carbonyl (C=O) groups is 1. The molecular weight excluding hydrogens is 258 g/mol. The lowest BCUT2D eigenvalue weighted by Gasteiger charge is -2.28. The molecule has 2 heteroatoms. The summed E-state index contributed by atoms with van der Waals surface area (Å²) in [5.41, 5.74) is 8.48. The fourth-order valence-electron chi connectivity index (χ4n) is 3.14. The Labute approximate surface area is 126 Å². The second-order valence-electron chi connectivity index (χ2n) is 6.19. The van der Waals surface area contributed by atoms with Gasteiger partial charge in [-0.15, -0.1) is 0 Å². The zero-order valence-corrected chi connectivity index (χ0v) is 13.1.